The van der Waals surface area contributed by atoms with E-state index in [0.717, 1.165) is 25.9 Å². The minimum absolute atomic E-state index is 0.0186. The van der Waals surface area contributed by atoms with Crippen molar-refractivity contribution >= 4 is 11.8 Å². The van der Waals surface area contributed by atoms with Crippen LogP contribution in [-0.4, -0.2) is 50.7 Å². The summed E-state index contributed by atoms with van der Waals surface area (Å²) in [6.07, 6.45) is 2.99. The van der Waals surface area contributed by atoms with Crippen molar-refractivity contribution in [3.63, 3.8) is 0 Å². The first-order valence-electron chi connectivity index (χ1n) is 7.93. The molecule has 0 aliphatic carbocycles. The highest BCUT2D eigenvalue weighted by atomic mass is 16.5. The number of hydrogen-bond donors (Lipinski definition) is 3. The molecular weight excluding hydrogens is 270 g/mol. The summed E-state index contributed by atoms with van der Waals surface area (Å²) in [6.45, 7) is 7.59. The Kier molecular flexibility index (Phi) is 9.01. The number of amides is 2. The maximum Gasteiger partial charge on any atom is 0.222 e. The van der Waals surface area contributed by atoms with E-state index in [1.54, 1.807) is 0 Å². The molecule has 1 saturated heterocycles. The zero-order valence-electron chi connectivity index (χ0n) is 13.2. The number of carbonyl (C=O) groups excluding carboxylic acids is 2. The van der Waals surface area contributed by atoms with E-state index in [0.29, 0.717) is 38.5 Å². The summed E-state index contributed by atoms with van der Waals surface area (Å²) in [5.41, 5.74) is 0. The van der Waals surface area contributed by atoms with Gasteiger partial charge in [-0.2, -0.15) is 0 Å². The number of ether oxygens (including phenoxy) is 1. The molecule has 1 aliphatic rings. The molecule has 0 atom stereocenters. The molecule has 0 aromatic heterocycles. The van der Waals surface area contributed by atoms with Crippen LogP contribution in [-0.2, 0) is 14.3 Å². The van der Waals surface area contributed by atoms with Crippen LogP contribution in [0.4, 0.5) is 0 Å². The van der Waals surface area contributed by atoms with Crippen LogP contribution in [0.3, 0.4) is 0 Å². The zero-order chi connectivity index (χ0) is 15.5. The molecule has 6 heteroatoms. The van der Waals surface area contributed by atoms with Crippen LogP contribution in [0.25, 0.3) is 0 Å². The van der Waals surface area contributed by atoms with Gasteiger partial charge in [-0.15, -0.1) is 0 Å². The minimum atomic E-state index is -0.0550. The third-order valence-electron chi connectivity index (χ3n) is 3.35. The highest BCUT2D eigenvalue weighted by Gasteiger charge is 2.13. The SMILES string of the molecule is CC(C)CNC(=O)CCNC(=O)CCOC1CCNCC1. The quantitative estimate of drug-likeness (QED) is 0.577. The molecule has 0 spiro atoms. The van der Waals surface area contributed by atoms with Gasteiger partial charge in [-0.1, -0.05) is 13.8 Å². The molecule has 0 unspecified atom stereocenters. The lowest BCUT2D eigenvalue weighted by Crippen LogP contribution is -2.34. The lowest BCUT2D eigenvalue weighted by Gasteiger charge is -2.22. The first-order valence-corrected chi connectivity index (χ1v) is 7.93. The summed E-state index contributed by atoms with van der Waals surface area (Å²) in [4.78, 5) is 23.1. The second kappa shape index (κ2) is 10.6. The van der Waals surface area contributed by atoms with Gasteiger partial charge in [0.1, 0.15) is 0 Å². The summed E-state index contributed by atoms with van der Waals surface area (Å²) in [6, 6.07) is 0. The van der Waals surface area contributed by atoms with Crippen molar-refractivity contribution in [1.29, 1.82) is 0 Å². The number of piperidine rings is 1. The van der Waals surface area contributed by atoms with Gasteiger partial charge in [-0.05, 0) is 31.8 Å². The molecule has 0 radical (unpaired) electrons. The van der Waals surface area contributed by atoms with Crippen molar-refractivity contribution in [2.24, 2.45) is 5.92 Å². The van der Waals surface area contributed by atoms with Crippen LogP contribution in [0.15, 0.2) is 0 Å². The summed E-state index contributed by atoms with van der Waals surface area (Å²) in [5.74, 6) is 0.367. The normalized spacial score (nSPS) is 16.0. The Morgan fingerprint density at radius 1 is 1.14 bits per heavy atom. The van der Waals surface area contributed by atoms with Gasteiger partial charge in [0.2, 0.25) is 11.8 Å². The predicted molar refractivity (Wildman–Crippen MR) is 81.9 cm³/mol. The van der Waals surface area contributed by atoms with E-state index in [1.165, 1.54) is 0 Å². The van der Waals surface area contributed by atoms with Crippen molar-refractivity contribution in [1.82, 2.24) is 16.0 Å². The zero-order valence-corrected chi connectivity index (χ0v) is 13.2. The molecule has 2 amide bonds. The molecule has 0 aromatic rings. The van der Waals surface area contributed by atoms with E-state index in [1.807, 2.05) is 13.8 Å². The highest BCUT2D eigenvalue weighted by molar-refractivity contribution is 5.78. The van der Waals surface area contributed by atoms with Gasteiger partial charge in [-0.3, -0.25) is 9.59 Å². The fourth-order valence-electron chi connectivity index (χ4n) is 2.09. The number of rotatable bonds is 9. The van der Waals surface area contributed by atoms with E-state index in [-0.39, 0.29) is 17.9 Å². The van der Waals surface area contributed by atoms with Gasteiger partial charge in [0.25, 0.3) is 0 Å². The Balaban J connectivity index is 1.96. The van der Waals surface area contributed by atoms with E-state index in [2.05, 4.69) is 16.0 Å². The van der Waals surface area contributed by atoms with Crippen molar-refractivity contribution < 1.29 is 14.3 Å². The minimum Gasteiger partial charge on any atom is -0.378 e. The number of hydrogen-bond acceptors (Lipinski definition) is 4. The van der Waals surface area contributed by atoms with Crippen molar-refractivity contribution in [3.8, 4) is 0 Å². The fraction of sp³-hybridized carbons (Fsp3) is 0.867. The van der Waals surface area contributed by atoms with E-state index < -0.39 is 0 Å². The smallest absolute Gasteiger partial charge is 0.222 e. The molecule has 0 bridgehead atoms. The Hall–Kier alpha value is -1.14. The van der Waals surface area contributed by atoms with Crippen LogP contribution < -0.4 is 16.0 Å². The lowest BCUT2D eigenvalue weighted by atomic mass is 10.1. The predicted octanol–water partition coefficient (Wildman–Crippen LogP) is 0.424. The maximum absolute atomic E-state index is 11.6. The van der Waals surface area contributed by atoms with Gasteiger partial charge in [0.15, 0.2) is 0 Å². The van der Waals surface area contributed by atoms with Crippen LogP contribution in [0.2, 0.25) is 0 Å². The van der Waals surface area contributed by atoms with Gasteiger partial charge in [-0.25, -0.2) is 0 Å². The van der Waals surface area contributed by atoms with E-state index >= 15 is 0 Å². The van der Waals surface area contributed by atoms with Gasteiger partial charge < -0.3 is 20.7 Å². The van der Waals surface area contributed by atoms with Crippen LogP contribution in [0.5, 0.6) is 0 Å². The molecule has 122 valence electrons. The molecule has 1 aliphatic heterocycles. The van der Waals surface area contributed by atoms with Gasteiger partial charge >= 0.3 is 0 Å². The third kappa shape index (κ3) is 9.42. The highest BCUT2D eigenvalue weighted by Crippen LogP contribution is 2.07. The third-order valence-corrected chi connectivity index (χ3v) is 3.35. The van der Waals surface area contributed by atoms with Crippen LogP contribution in [0.1, 0.15) is 39.5 Å². The average molecular weight is 299 g/mol. The van der Waals surface area contributed by atoms with Crippen LogP contribution in [0, 0.1) is 5.92 Å². The summed E-state index contributed by atoms with van der Waals surface area (Å²) in [7, 11) is 0. The Labute approximate surface area is 127 Å². The largest absolute Gasteiger partial charge is 0.378 e. The molecule has 0 saturated carbocycles. The standard InChI is InChI=1S/C15H29N3O3/c1-12(2)11-18-14(19)5-9-17-15(20)6-10-21-13-3-7-16-8-4-13/h12-13,16H,3-11H2,1-2H3,(H,17,20)(H,18,19). The first kappa shape index (κ1) is 17.9. The monoisotopic (exact) mass is 299 g/mol. The molecule has 1 heterocycles. The topological polar surface area (TPSA) is 79.5 Å². The Bertz CT molecular complexity index is 315. The van der Waals surface area contributed by atoms with Crippen molar-refractivity contribution in [2.45, 2.75) is 45.6 Å². The average Bonchev–Trinajstić information content (AvgIpc) is 2.46. The molecule has 6 nitrogen and oxygen atoms in total. The molecule has 1 rings (SSSR count). The number of nitrogens with one attached hydrogen (secondary N) is 3. The molecule has 1 fully saturated rings. The summed E-state index contributed by atoms with van der Waals surface area (Å²) < 4.78 is 5.67. The molecular formula is C15H29N3O3. The number of carbonyl (C=O) groups is 2. The van der Waals surface area contributed by atoms with E-state index in [9.17, 15) is 9.59 Å². The fourth-order valence-corrected chi connectivity index (χ4v) is 2.09. The lowest BCUT2D eigenvalue weighted by molar-refractivity contribution is -0.123. The second-order valence-corrected chi connectivity index (χ2v) is 5.87. The first-order chi connectivity index (χ1) is 10.1. The molecule has 21 heavy (non-hydrogen) atoms. The van der Waals surface area contributed by atoms with Crippen molar-refractivity contribution in [3.05, 3.63) is 0 Å². The van der Waals surface area contributed by atoms with Crippen LogP contribution >= 0.6 is 0 Å². The van der Waals surface area contributed by atoms with Crippen molar-refractivity contribution in [2.75, 3.05) is 32.8 Å². The van der Waals surface area contributed by atoms with Gasteiger partial charge in [0.05, 0.1) is 12.7 Å². The molecule has 3 N–H and O–H groups in total. The molecule has 0 aromatic carbocycles. The second-order valence-electron chi connectivity index (χ2n) is 5.87. The Morgan fingerprint density at radius 3 is 2.48 bits per heavy atom. The maximum atomic E-state index is 11.6. The summed E-state index contributed by atoms with van der Waals surface area (Å²) >= 11 is 0. The van der Waals surface area contributed by atoms with Gasteiger partial charge in [0, 0.05) is 25.9 Å². The summed E-state index contributed by atoms with van der Waals surface area (Å²) in [5, 5.41) is 8.84. The Morgan fingerprint density at radius 2 is 1.81 bits per heavy atom. The van der Waals surface area contributed by atoms with E-state index in [4.69, 9.17) is 4.74 Å².